The molecule has 0 N–H and O–H groups in total. The first-order chi connectivity index (χ1) is 17.8. The summed E-state index contributed by atoms with van der Waals surface area (Å²) in [5.74, 6) is 1.17. The number of aromatic nitrogens is 1. The first-order valence-electron chi connectivity index (χ1n) is 13.1. The van der Waals surface area contributed by atoms with E-state index in [2.05, 4.69) is 4.98 Å². The fraction of sp³-hybridized carbons (Fsp3) is 0.536. The van der Waals surface area contributed by atoms with E-state index in [1.165, 1.54) is 0 Å². The van der Waals surface area contributed by atoms with E-state index in [0.717, 1.165) is 37.7 Å². The van der Waals surface area contributed by atoms with E-state index in [1.807, 2.05) is 34.9 Å². The monoisotopic (exact) mass is 563 g/mol. The number of benzene rings is 1. The minimum Gasteiger partial charge on any atom is -0.474 e. The number of likely N-dealkylation sites (tertiary alicyclic amines) is 2. The number of amides is 2. The van der Waals surface area contributed by atoms with Gasteiger partial charge < -0.3 is 14.5 Å². The number of carbonyl (C=O) groups excluding carboxylic acids is 2. The lowest BCUT2D eigenvalue weighted by atomic mass is 9.83. The molecule has 2 aromatic rings. The molecule has 0 spiro atoms. The van der Waals surface area contributed by atoms with Crippen molar-refractivity contribution in [3.63, 3.8) is 0 Å². The van der Waals surface area contributed by atoms with Crippen LogP contribution in [-0.2, 0) is 9.59 Å². The summed E-state index contributed by atoms with van der Waals surface area (Å²) in [6, 6.07) is 9.19. The Morgan fingerprint density at radius 3 is 2.24 bits per heavy atom. The standard InChI is InChI=1S/C28H32Cl3N3O3/c1-17(37-26-8-6-21(29)14-32-26)22-15-34(16-23(22)20-5-7-24(30)25(31)13-20)28(36)19-9-11-33(12-10-19)27(35)18-3-2-4-18/h5-8,13-14,17-19,22-23H,2-4,9-12,15-16H2,1H3/t17-,22+,23+/m0/s1. The second kappa shape index (κ2) is 11.4. The van der Waals surface area contributed by atoms with Crippen LogP contribution < -0.4 is 4.74 Å². The molecule has 2 aliphatic heterocycles. The van der Waals surface area contributed by atoms with Crippen LogP contribution in [0.2, 0.25) is 15.1 Å². The molecule has 0 bridgehead atoms. The molecule has 3 fully saturated rings. The molecular weight excluding hydrogens is 533 g/mol. The summed E-state index contributed by atoms with van der Waals surface area (Å²) in [5, 5.41) is 1.55. The smallest absolute Gasteiger partial charge is 0.225 e. The minimum atomic E-state index is -0.201. The van der Waals surface area contributed by atoms with E-state index in [9.17, 15) is 9.59 Å². The van der Waals surface area contributed by atoms with Gasteiger partial charge in [-0.05, 0) is 56.4 Å². The van der Waals surface area contributed by atoms with Crippen molar-refractivity contribution in [2.45, 2.75) is 51.0 Å². The number of nitrogens with zero attached hydrogens (tertiary/aromatic N) is 3. The van der Waals surface area contributed by atoms with E-state index in [4.69, 9.17) is 39.5 Å². The number of rotatable bonds is 6. The molecule has 9 heteroatoms. The fourth-order valence-corrected chi connectivity index (χ4v) is 6.23. The van der Waals surface area contributed by atoms with Crippen LogP contribution in [0.5, 0.6) is 5.88 Å². The van der Waals surface area contributed by atoms with Crippen LogP contribution in [0.25, 0.3) is 0 Å². The van der Waals surface area contributed by atoms with Crippen molar-refractivity contribution in [3.05, 3.63) is 57.2 Å². The molecule has 37 heavy (non-hydrogen) atoms. The summed E-state index contributed by atoms with van der Waals surface area (Å²) in [4.78, 5) is 34.5. The van der Waals surface area contributed by atoms with Crippen molar-refractivity contribution < 1.29 is 14.3 Å². The predicted molar refractivity (Wildman–Crippen MR) is 145 cm³/mol. The van der Waals surface area contributed by atoms with Gasteiger partial charge in [0.1, 0.15) is 6.10 Å². The van der Waals surface area contributed by atoms with E-state index in [0.29, 0.717) is 47.1 Å². The van der Waals surface area contributed by atoms with Gasteiger partial charge in [-0.25, -0.2) is 4.98 Å². The first kappa shape index (κ1) is 26.6. The molecule has 5 rings (SSSR count). The Labute approximate surface area is 233 Å². The second-order valence-electron chi connectivity index (χ2n) is 10.6. The number of pyridine rings is 1. The molecule has 3 heterocycles. The number of halogens is 3. The Balaban J connectivity index is 1.28. The van der Waals surface area contributed by atoms with Gasteiger partial charge in [0.05, 0.1) is 15.1 Å². The largest absolute Gasteiger partial charge is 0.474 e. The number of carbonyl (C=O) groups is 2. The molecule has 2 amide bonds. The van der Waals surface area contributed by atoms with Gasteiger partial charge in [0.25, 0.3) is 0 Å². The predicted octanol–water partition coefficient (Wildman–Crippen LogP) is 6.09. The van der Waals surface area contributed by atoms with Crippen LogP contribution in [0.1, 0.15) is 50.5 Å². The summed E-state index contributed by atoms with van der Waals surface area (Å²) in [6.07, 6.45) is 5.97. The van der Waals surface area contributed by atoms with E-state index in [-0.39, 0.29) is 41.6 Å². The second-order valence-corrected chi connectivity index (χ2v) is 11.8. The van der Waals surface area contributed by atoms with Crippen LogP contribution in [0.4, 0.5) is 0 Å². The lowest BCUT2D eigenvalue weighted by molar-refractivity contribution is -0.143. The van der Waals surface area contributed by atoms with Gasteiger partial charge in [-0.3, -0.25) is 9.59 Å². The van der Waals surface area contributed by atoms with E-state index in [1.54, 1.807) is 18.3 Å². The molecule has 3 aliphatic rings. The third-order valence-electron chi connectivity index (χ3n) is 8.27. The molecule has 1 saturated carbocycles. The molecule has 1 aliphatic carbocycles. The van der Waals surface area contributed by atoms with Gasteiger partial charge in [0.2, 0.25) is 17.7 Å². The summed E-state index contributed by atoms with van der Waals surface area (Å²) in [6.45, 7) is 4.52. The van der Waals surface area contributed by atoms with Crippen molar-refractivity contribution in [1.29, 1.82) is 0 Å². The first-order valence-corrected chi connectivity index (χ1v) is 14.2. The molecule has 6 nitrogen and oxygen atoms in total. The van der Waals surface area contributed by atoms with Gasteiger partial charge in [-0.2, -0.15) is 0 Å². The highest BCUT2D eigenvalue weighted by Crippen LogP contribution is 2.39. The molecule has 0 unspecified atom stereocenters. The number of hydrogen-bond acceptors (Lipinski definition) is 4. The Morgan fingerprint density at radius 2 is 1.62 bits per heavy atom. The topological polar surface area (TPSA) is 62.7 Å². The van der Waals surface area contributed by atoms with Crippen molar-refractivity contribution in [2.24, 2.45) is 17.8 Å². The number of ether oxygens (including phenoxy) is 1. The van der Waals surface area contributed by atoms with Crippen molar-refractivity contribution in [1.82, 2.24) is 14.8 Å². The highest BCUT2D eigenvalue weighted by molar-refractivity contribution is 6.42. The van der Waals surface area contributed by atoms with Crippen LogP contribution in [0.15, 0.2) is 36.5 Å². The lowest BCUT2D eigenvalue weighted by Gasteiger charge is -2.37. The summed E-state index contributed by atoms with van der Waals surface area (Å²) in [5.41, 5.74) is 1.04. The zero-order valence-electron chi connectivity index (χ0n) is 20.9. The highest BCUT2D eigenvalue weighted by atomic mass is 35.5. The summed E-state index contributed by atoms with van der Waals surface area (Å²) in [7, 11) is 0. The molecule has 1 aromatic heterocycles. The number of piperidine rings is 1. The van der Waals surface area contributed by atoms with Gasteiger partial charge in [0, 0.05) is 62.1 Å². The van der Waals surface area contributed by atoms with Crippen LogP contribution >= 0.6 is 34.8 Å². The van der Waals surface area contributed by atoms with Crippen molar-refractivity contribution in [2.75, 3.05) is 26.2 Å². The molecule has 3 atom stereocenters. The lowest BCUT2D eigenvalue weighted by Crippen LogP contribution is -2.46. The zero-order valence-corrected chi connectivity index (χ0v) is 23.2. The molecular formula is C28H32Cl3N3O3. The van der Waals surface area contributed by atoms with Crippen LogP contribution in [-0.4, -0.2) is 58.9 Å². The fourth-order valence-electron chi connectivity index (χ4n) is 5.81. The summed E-state index contributed by atoms with van der Waals surface area (Å²) >= 11 is 18.5. The normalized spacial score (nSPS) is 23.6. The average Bonchev–Trinajstić information content (AvgIpc) is 3.31. The average molecular weight is 565 g/mol. The van der Waals surface area contributed by atoms with Crippen LogP contribution in [0, 0.1) is 17.8 Å². The van der Waals surface area contributed by atoms with E-state index < -0.39 is 0 Å². The maximum atomic E-state index is 13.6. The van der Waals surface area contributed by atoms with Gasteiger partial charge in [-0.1, -0.05) is 47.3 Å². The number of hydrogen-bond donors (Lipinski definition) is 0. The van der Waals surface area contributed by atoms with Gasteiger partial charge in [-0.15, -0.1) is 0 Å². The minimum absolute atomic E-state index is 0.0407. The summed E-state index contributed by atoms with van der Waals surface area (Å²) < 4.78 is 6.20. The van der Waals surface area contributed by atoms with Gasteiger partial charge in [0.15, 0.2) is 0 Å². The van der Waals surface area contributed by atoms with Crippen molar-refractivity contribution >= 4 is 46.6 Å². The molecule has 0 radical (unpaired) electrons. The maximum absolute atomic E-state index is 13.6. The molecule has 2 saturated heterocycles. The van der Waals surface area contributed by atoms with Crippen molar-refractivity contribution in [3.8, 4) is 5.88 Å². The van der Waals surface area contributed by atoms with Gasteiger partial charge >= 0.3 is 0 Å². The quantitative estimate of drug-likeness (QED) is 0.426. The van der Waals surface area contributed by atoms with E-state index >= 15 is 0 Å². The third-order valence-corrected chi connectivity index (χ3v) is 9.23. The molecule has 198 valence electrons. The Morgan fingerprint density at radius 1 is 0.919 bits per heavy atom. The maximum Gasteiger partial charge on any atom is 0.225 e. The Hall–Kier alpha value is -2.02. The Kier molecular flexibility index (Phi) is 8.18. The highest BCUT2D eigenvalue weighted by Gasteiger charge is 2.43. The SMILES string of the molecule is C[C@H](Oc1ccc(Cl)cn1)[C@H]1CN(C(=O)C2CCN(C(=O)C3CCC3)CC2)C[C@@H]1c1ccc(Cl)c(Cl)c1. The Bertz CT molecular complexity index is 1130. The van der Waals surface area contributed by atoms with Crippen LogP contribution in [0.3, 0.4) is 0 Å². The zero-order chi connectivity index (χ0) is 26.1. The molecule has 1 aromatic carbocycles. The third kappa shape index (κ3) is 5.86.